The summed E-state index contributed by atoms with van der Waals surface area (Å²) in [7, 11) is 0. The number of hydrogen-bond acceptors (Lipinski definition) is 6. The maximum absolute atomic E-state index is 13.4. The third kappa shape index (κ3) is 4.24. The Hall–Kier alpha value is -3.79. The number of nitrogens with two attached hydrogens (primary N) is 1. The Labute approximate surface area is 196 Å². The Morgan fingerprint density at radius 2 is 2.26 bits per heavy atom. The molecule has 4 aromatic heterocycles. The summed E-state index contributed by atoms with van der Waals surface area (Å²) in [5, 5.41) is 3.27. The number of nitrogens with one attached hydrogen (secondary N) is 1. The highest BCUT2D eigenvalue weighted by molar-refractivity contribution is 6.00. The molecule has 0 bridgehead atoms. The van der Waals surface area contributed by atoms with Crippen molar-refractivity contribution in [2.75, 3.05) is 18.9 Å². The normalized spacial score (nSPS) is 15.9. The van der Waals surface area contributed by atoms with Gasteiger partial charge in [0.1, 0.15) is 10.9 Å². The number of nitrogens with zero attached hydrogens (tertiary/aromatic N) is 5. The lowest BCUT2D eigenvalue weighted by molar-refractivity contribution is -0.659. The summed E-state index contributed by atoms with van der Waals surface area (Å²) in [4.78, 5) is 35.3. The SMILES string of the molecule is Cc1ccc2nc3c(cc(C(=O)NC[C@H]4CCCO4)c(N)[n+]3CCCn3ccnc3)c(=O)n2c1. The molecule has 10 heteroatoms. The van der Waals surface area contributed by atoms with Gasteiger partial charge < -0.3 is 20.4 Å². The molecule has 1 atom stereocenters. The maximum atomic E-state index is 13.4. The maximum Gasteiger partial charge on any atom is 0.278 e. The number of imidazole rings is 1. The average molecular weight is 463 g/mol. The highest BCUT2D eigenvalue weighted by Gasteiger charge is 2.25. The molecule has 4 aromatic rings. The minimum Gasteiger partial charge on any atom is -0.376 e. The number of amides is 1. The molecule has 1 fully saturated rings. The predicted octanol–water partition coefficient (Wildman–Crippen LogP) is 1.22. The zero-order valence-corrected chi connectivity index (χ0v) is 19.1. The molecule has 3 N–H and O–H groups in total. The van der Waals surface area contributed by atoms with E-state index in [0.717, 1.165) is 31.4 Å². The summed E-state index contributed by atoms with van der Waals surface area (Å²) in [5.74, 6) is -0.0432. The quantitative estimate of drug-likeness (QED) is 0.315. The number of pyridine rings is 2. The van der Waals surface area contributed by atoms with Crippen molar-refractivity contribution in [1.82, 2.24) is 24.3 Å². The van der Waals surface area contributed by atoms with Gasteiger partial charge in [0.2, 0.25) is 11.5 Å². The van der Waals surface area contributed by atoms with Gasteiger partial charge in [-0.05, 0) is 43.9 Å². The average Bonchev–Trinajstić information content (AvgIpc) is 3.54. The highest BCUT2D eigenvalue weighted by atomic mass is 16.5. The van der Waals surface area contributed by atoms with Gasteiger partial charge in [-0.1, -0.05) is 11.1 Å². The molecule has 0 saturated carbocycles. The molecular weight excluding hydrogens is 434 g/mol. The first kappa shape index (κ1) is 22.0. The van der Waals surface area contributed by atoms with Crippen LogP contribution in [0.4, 0.5) is 5.82 Å². The van der Waals surface area contributed by atoms with E-state index in [1.165, 1.54) is 4.40 Å². The second kappa shape index (κ2) is 9.22. The molecule has 0 spiro atoms. The summed E-state index contributed by atoms with van der Waals surface area (Å²) in [6, 6.07) is 5.28. The van der Waals surface area contributed by atoms with Crippen LogP contribution in [0.3, 0.4) is 0 Å². The van der Waals surface area contributed by atoms with E-state index in [-0.39, 0.29) is 29.0 Å². The number of anilines is 1. The van der Waals surface area contributed by atoms with E-state index in [2.05, 4.69) is 10.3 Å². The van der Waals surface area contributed by atoms with E-state index in [1.807, 2.05) is 29.8 Å². The zero-order valence-electron chi connectivity index (χ0n) is 19.1. The van der Waals surface area contributed by atoms with Crippen LogP contribution in [0.2, 0.25) is 0 Å². The Kier molecular flexibility index (Phi) is 5.97. The van der Waals surface area contributed by atoms with Crippen molar-refractivity contribution >= 4 is 28.4 Å². The number of aromatic nitrogens is 5. The Bertz CT molecular complexity index is 1410. The molecule has 5 heterocycles. The molecule has 5 rings (SSSR count). The van der Waals surface area contributed by atoms with E-state index >= 15 is 0 Å². The lowest BCUT2D eigenvalue weighted by Crippen LogP contribution is -2.43. The van der Waals surface area contributed by atoms with Crippen molar-refractivity contribution in [2.45, 2.75) is 45.4 Å². The van der Waals surface area contributed by atoms with Gasteiger partial charge >= 0.3 is 0 Å². The molecule has 1 aliphatic heterocycles. The molecule has 0 unspecified atom stereocenters. The van der Waals surface area contributed by atoms with Crippen molar-refractivity contribution in [1.29, 1.82) is 0 Å². The fourth-order valence-electron chi connectivity index (χ4n) is 4.40. The summed E-state index contributed by atoms with van der Waals surface area (Å²) in [6.07, 6.45) is 9.75. The van der Waals surface area contributed by atoms with Crippen LogP contribution in [0, 0.1) is 6.92 Å². The predicted molar refractivity (Wildman–Crippen MR) is 126 cm³/mol. The summed E-state index contributed by atoms with van der Waals surface area (Å²) < 4.78 is 10.9. The second-order valence-electron chi connectivity index (χ2n) is 8.68. The van der Waals surface area contributed by atoms with Crippen LogP contribution >= 0.6 is 0 Å². The van der Waals surface area contributed by atoms with Crippen LogP contribution in [0.15, 0.2) is 47.9 Å². The Balaban J connectivity index is 1.57. The molecular formula is C24H28N7O3+. The molecule has 0 aromatic carbocycles. The Morgan fingerprint density at radius 3 is 3.03 bits per heavy atom. The van der Waals surface area contributed by atoms with Crippen molar-refractivity contribution in [2.24, 2.45) is 0 Å². The molecule has 176 valence electrons. The summed E-state index contributed by atoms with van der Waals surface area (Å²) in [6.45, 7) is 4.24. The van der Waals surface area contributed by atoms with Crippen molar-refractivity contribution in [3.05, 3.63) is 64.6 Å². The van der Waals surface area contributed by atoms with Crippen LogP contribution in [-0.2, 0) is 17.8 Å². The van der Waals surface area contributed by atoms with Crippen molar-refractivity contribution < 1.29 is 14.1 Å². The molecule has 1 aliphatic rings. The highest BCUT2D eigenvalue weighted by Crippen LogP contribution is 2.16. The first-order valence-electron chi connectivity index (χ1n) is 11.5. The number of ether oxygens (including phenoxy) is 1. The van der Waals surface area contributed by atoms with Gasteiger partial charge in [0, 0.05) is 38.3 Å². The number of nitrogen functional groups attached to an aromatic ring is 1. The minimum atomic E-state index is -0.327. The number of carbonyl (C=O) groups is 1. The third-order valence-corrected chi connectivity index (χ3v) is 6.21. The summed E-state index contributed by atoms with van der Waals surface area (Å²) in [5.41, 5.74) is 8.48. The second-order valence-corrected chi connectivity index (χ2v) is 8.68. The van der Waals surface area contributed by atoms with Crippen LogP contribution in [0.5, 0.6) is 0 Å². The van der Waals surface area contributed by atoms with E-state index in [4.69, 9.17) is 15.5 Å². The fourth-order valence-corrected chi connectivity index (χ4v) is 4.40. The fraction of sp³-hybridized carbons (Fsp3) is 0.375. The molecule has 34 heavy (non-hydrogen) atoms. The van der Waals surface area contributed by atoms with Gasteiger partial charge in [0.05, 0.1) is 19.0 Å². The van der Waals surface area contributed by atoms with Gasteiger partial charge in [0.25, 0.3) is 17.1 Å². The Morgan fingerprint density at radius 1 is 1.38 bits per heavy atom. The minimum absolute atomic E-state index is 0.00662. The van der Waals surface area contributed by atoms with Gasteiger partial charge in [-0.15, -0.1) is 0 Å². The van der Waals surface area contributed by atoms with Crippen LogP contribution < -0.4 is 21.2 Å². The zero-order chi connectivity index (χ0) is 23.7. The van der Waals surface area contributed by atoms with E-state index in [9.17, 15) is 9.59 Å². The number of rotatable bonds is 7. The third-order valence-electron chi connectivity index (χ3n) is 6.21. The largest absolute Gasteiger partial charge is 0.376 e. The lowest BCUT2D eigenvalue weighted by atomic mass is 10.1. The standard InChI is InChI=1S/C24H27N7O3/c1-16-5-6-20-28-22-19(24(33)31(20)14-16)12-18(23(32)27-13-17-4-2-11-34-17)21(25)30(22)9-3-8-29-10-7-26-15-29/h5-7,10,12,14-15,17,25H,2-4,8-9,11,13H2,1H3,(H,27,32)/p+1/t17-/m1/s1. The van der Waals surface area contributed by atoms with Crippen molar-refractivity contribution in [3.8, 4) is 0 Å². The van der Waals surface area contributed by atoms with Gasteiger partial charge in [0.15, 0.2) is 0 Å². The molecule has 0 aliphatic carbocycles. The molecule has 1 amide bonds. The van der Waals surface area contributed by atoms with E-state index < -0.39 is 0 Å². The van der Waals surface area contributed by atoms with Crippen molar-refractivity contribution in [3.63, 3.8) is 0 Å². The van der Waals surface area contributed by atoms with Gasteiger partial charge in [-0.2, -0.15) is 0 Å². The number of hydrogen-bond donors (Lipinski definition) is 2. The van der Waals surface area contributed by atoms with Gasteiger partial charge in [-0.25, -0.2) is 9.55 Å². The number of fused-ring (bicyclic) bond motifs is 2. The van der Waals surface area contributed by atoms with Crippen LogP contribution in [0.25, 0.3) is 16.7 Å². The molecule has 1 saturated heterocycles. The summed E-state index contributed by atoms with van der Waals surface area (Å²) >= 11 is 0. The number of aryl methyl sites for hydroxylation is 3. The van der Waals surface area contributed by atoms with Crippen LogP contribution in [-0.4, -0.2) is 44.1 Å². The molecule has 10 nitrogen and oxygen atoms in total. The van der Waals surface area contributed by atoms with E-state index in [0.29, 0.717) is 36.4 Å². The molecule has 0 radical (unpaired) electrons. The monoisotopic (exact) mass is 462 g/mol. The first-order valence-corrected chi connectivity index (χ1v) is 11.5. The van der Waals surface area contributed by atoms with E-state index in [1.54, 1.807) is 29.4 Å². The van der Waals surface area contributed by atoms with Crippen LogP contribution in [0.1, 0.15) is 35.2 Å². The topological polar surface area (TPSA) is 120 Å². The lowest BCUT2D eigenvalue weighted by Gasteiger charge is -2.14. The first-order chi connectivity index (χ1) is 16.5. The number of carbonyl (C=O) groups excluding carboxylic acids is 1. The smallest absolute Gasteiger partial charge is 0.278 e. The van der Waals surface area contributed by atoms with Gasteiger partial charge in [-0.3, -0.25) is 14.0 Å².